The molecule has 2 aliphatic rings. The Kier molecular flexibility index (Phi) is 6.18. The number of carbonyl (C=O) groups is 4. The SMILES string of the molecule is O=C(COC(=O)CSc1ccccc1F)NN1C(=O)NC2(CCCCC2)C1=O. The van der Waals surface area contributed by atoms with Gasteiger partial charge < -0.3 is 10.1 Å². The zero-order chi connectivity index (χ0) is 20.1. The van der Waals surface area contributed by atoms with E-state index in [1.807, 2.05) is 0 Å². The highest BCUT2D eigenvalue weighted by Gasteiger charge is 2.52. The molecule has 1 aliphatic carbocycles. The molecule has 0 aromatic heterocycles. The summed E-state index contributed by atoms with van der Waals surface area (Å²) in [5.74, 6) is -2.65. The number of nitrogens with one attached hydrogen (secondary N) is 2. The predicted molar refractivity (Wildman–Crippen MR) is 97.4 cm³/mol. The highest BCUT2D eigenvalue weighted by molar-refractivity contribution is 8.00. The van der Waals surface area contributed by atoms with Crippen molar-refractivity contribution in [3.8, 4) is 0 Å². The Balaban J connectivity index is 1.45. The fourth-order valence-electron chi connectivity index (χ4n) is 3.26. The van der Waals surface area contributed by atoms with Crippen LogP contribution in [0.1, 0.15) is 32.1 Å². The number of carbonyl (C=O) groups excluding carboxylic acids is 4. The van der Waals surface area contributed by atoms with Crippen molar-refractivity contribution < 1.29 is 28.3 Å². The molecule has 1 heterocycles. The van der Waals surface area contributed by atoms with Gasteiger partial charge in [-0.3, -0.25) is 19.8 Å². The van der Waals surface area contributed by atoms with Crippen LogP contribution in [0, 0.1) is 5.82 Å². The van der Waals surface area contributed by atoms with Gasteiger partial charge in [0.2, 0.25) is 0 Å². The summed E-state index contributed by atoms with van der Waals surface area (Å²) >= 11 is 0.945. The minimum atomic E-state index is -0.949. The molecule has 1 aromatic rings. The first-order chi connectivity index (χ1) is 13.4. The van der Waals surface area contributed by atoms with Crippen molar-refractivity contribution in [3.05, 3.63) is 30.1 Å². The lowest BCUT2D eigenvalue weighted by atomic mass is 9.82. The maximum absolute atomic E-state index is 13.5. The molecule has 2 fully saturated rings. The molecule has 28 heavy (non-hydrogen) atoms. The summed E-state index contributed by atoms with van der Waals surface area (Å²) in [5, 5.41) is 3.31. The summed E-state index contributed by atoms with van der Waals surface area (Å²) in [7, 11) is 0. The monoisotopic (exact) mass is 409 g/mol. The van der Waals surface area contributed by atoms with E-state index in [0.717, 1.165) is 31.0 Å². The molecule has 8 nitrogen and oxygen atoms in total. The Morgan fingerprint density at radius 1 is 1.21 bits per heavy atom. The standard InChI is InChI=1S/C18H20FN3O5S/c19-12-6-2-3-7-13(12)28-11-15(24)27-10-14(23)21-22-16(25)18(20-17(22)26)8-4-1-5-9-18/h2-3,6-7H,1,4-5,8-11H2,(H,20,26)(H,21,23). The molecule has 0 unspecified atom stereocenters. The number of ether oxygens (including phenoxy) is 1. The highest BCUT2D eigenvalue weighted by Crippen LogP contribution is 2.32. The first-order valence-corrected chi connectivity index (χ1v) is 9.89. The fraction of sp³-hybridized carbons (Fsp3) is 0.444. The van der Waals surface area contributed by atoms with Crippen molar-refractivity contribution in [1.82, 2.24) is 15.8 Å². The van der Waals surface area contributed by atoms with Gasteiger partial charge in [-0.1, -0.05) is 31.4 Å². The molecule has 3 rings (SSSR count). The first kappa shape index (κ1) is 20.1. The van der Waals surface area contributed by atoms with E-state index in [1.54, 1.807) is 6.07 Å². The van der Waals surface area contributed by atoms with Crippen LogP contribution in [0.15, 0.2) is 29.2 Å². The van der Waals surface area contributed by atoms with Gasteiger partial charge in [-0.05, 0) is 25.0 Å². The number of rotatable bonds is 6. The van der Waals surface area contributed by atoms with Gasteiger partial charge in [-0.15, -0.1) is 11.8 Å². The Labute approximate surface area is 165 Å². The first-order valence-electron chi connectivity index (χ1n) is 8.90. The Bertz CT molecular complexity index is 797. The third kappa shape index (κ3) is 4.44. The van der Waals surface area contributed by atoms with E-state index in [9.17, 15) is 23.6 Å². The van der Waals surface area contributed by atoms with Crippen LogP contribution < -0.4 is 10.7 Å². The predicted octanol–water partition coefficient (Wildman–Crippen LogP) is 1.75. The zero-order valence-corrected chi connectivity index (χ0v) is 15.9. The van der Waals surface area contributed by atoms with Gasteiger partial charge in [0.15, 0.2) is 6.61 Å². The van der Waals surface area contributed by atoms with Crippen molar-refractivity contribution in [1.29, 1.82) is 0 Å². The molecular weight excluding hydrogens is 389 g/mol. The van der Waals surface area contributed by atoms with E-state index in [2.05, 4.69) is 10.7 Å². The van der Waals surface area contributed by atoms with Crippen LogP contribution in [0.5, 0.6) is 0 Å². The van der Waals surface area contributed by atoms with Crippen LogP contribution in [-0.4, -0.2) is 46.7 Å². The lowest BCUT2D eigenvalue weighted by Crippen LogP contribution is -2.51. The number of amides is 4. The third-order valence-electron chi connectivity index (χ3n) is 4.65. The van der Waals surface area contributed by atoms with Crippen LogP contribution in [0.3, 0.4) is 0 Å². The van der Waals surface area contributed by atoms with Gasteiger partial charge in [0.05, 0.1) is 5.75 Å². The maximum Gasteiger partial charge on any atom is 0.344 e. The molecule has 0 bridgehead atoms. The number of halogens is 1. The normalized spacial score (nSPS) is 18.1. The topological polar surface area (TPSA) is 105 Å². The second kappa shape index (κ2) is 8.59. The largest absolute Gasteiger partial charge is 0.455 e. The molecule has 0 atom stereocenters. The van der Waals surface area contributed by atoms with Crippen LogP contribution in [-0.2, 0) is 19.1 Å². The lowest BCUT2D eigenvalue weighted by molar-refractivity contribution is -0.148. The molecule has 1 saturated heterocycles. The average molecular weight is 409 g/mol. The fourth-order valence-corrected chi connectivity index (χ4v) is 4.00. The van der Waals surface area contributed by atoms with E-state index in [0.29, 0.717) is 22.7 Å². The minimum Gasteiger partial charge on any atom is -0.455 e. The van der Waals surface area contributed by atoms with Gasteiger partial charge in [0.1, 0.15) is 11.4 Å². The summed E-state index contributed by atoms with van der Waals surface area (Å²) in [5.41, 5.74) is 1.23. The van der Waals surface area contributed by atoms with Gasteiger partial charge in [-0.2, -0.15) is 5.01 Å². The minimum absolute atomic E-state index is 0.180. The van der Waals surface area contributed by atoms with Gasteiger partial charge in [0, 0.05) is 4.90 Å². The Morgan fingerprint density at radius 3 is 2.64 bits per heavy atom. The summed E-state index contributed by atoms with van der Waals surface area (Å²) in [4.78, 5) is 48.6. The molecule has 1 saturated carbocycles. The number of nitrogens with zero attached hydrogens (tertiary/aromatic N) is 1. The second-order valence-corrected chi connectivity index (χ2v) is 7.65. The molecule has 1 aliphatic heterocycles. The van der Waals surface area contributed by atoms with Gasteiger partial charge >= 0.3 is 12.0 Å². The second-order valence-electron chi connectivity index (χ2n) is 6.63. The summed E-state index contributed by atoms with van der Waals surface area (Å²) < 4.78 is 18.3. The molecule has 0 radical (unpaired) electrons. The number of hydrogen-bond acceptors (Lipinski definition) is 6. The number of benzene rings is 1. The van der Waals surface area contributed by atoms with Gasteiger partial charge in [0.25, 0.3) is 11.8 Å². The summed E-state index contributed by atoms with van der Waals surface area (Å²) in [6.45, 7) is -0.652. The van der Waals surface area contributed by atoms with Crippen molar-refractivity contribution >= 4 is 35.6 Å². The van der Waals surface area contributed by atoms with E-state index in [4.69, 9.17) is 4.74 Å². The molecule has 4 amide bonds. The quantitative estimate of drug-likeness (QED) is 0.421. The smallest absolute Gasteiger partial charge is 0.344 e. The van der Waals surface area contributed by atoms with Crippen molar-refractivity contribution in [3.63, 3.8) is 0 Å². The average Bonchev–Trinajstić information content (AvgIpc) is 2.90. The highest BCUT2D eigenvalue weighted by atomic mass is 32.2. The van der Waals surface area contributed by atoms with Crippen LogP contribution in [0.25, 0.3) is 0 Å². The molecule has 1 aromatic carbocycles. The molecule has 150 valence electrons. The van der Waals surface area contributed by atoms with Crippen LogP contribution in [0.2, 0.25) is 0 Å². The molecular formula is C18H20FN3O5S. The number of imide groups is 1. The molecule has 1 spiro atoms. The third-order valence-corrected chi connectivity index (χ3v) is 5.67. The lowest BCUT2D eigenvalue weighted by Gasteiger charge is -2.30. The number of hydrazine groups is 1. The molecule has 2 N–H and O–H groups in total. The molecule has 10 heteroatoms. The van der Waals surface area contributed by atoms with E-state index in [1.165, 1.54) is 18.2 Å². The van der Waals surface area contributed by atoms with E-state index < -0.39 is 41.8 Å². The van der Waals surface area contributed by atoms with Crippen molar-refractivity contribution in [2.24, 2.45) is 0 Å². The maximum atomic E-state index is 13.5. The number of thioether (sulfide) groups is 1. The summed E-state index contributed by atoms with van der Waals surface area (Å²) in [6.07, 6.45) is 3.71. The number of urea groups is 1. The number of esters is 1. The Morgan fingerprint density at radius 2 is 1.93 bits per heavy atom. The van der Waals surface area contributed by atoms with Crippen LogP contribution in [0.4, 0.5) is 9.18 Å². The van der Waals surface area contributed by atoms with Crippen molar-refractivity contribution in [2.45, 2.75) is 42.5 Å². The van der Waals surface area contributed by atoms with E-state index in [-0.39, 0.29) is 5.75 Å². The zero-order valence-electron chi connectivity index (χ0n) is 15.0. The van der Waals surface area contributed by atoms with Crippen molar-refractivity contribution in [2.75, 3.05) is 12.4 Å². The number of hydrogen-bond donors (Lipinski definition) is 2. The van der Waals surface area contributed by atoms with Gasteiger partial charge in [-0.25, -0.2) is 9.18 Å². The van der Waals surface area contributed by atoms with Crippen LogP contribution >= 0.6 is 11.8 Å². The Hall–Kier alpha value is -2.62. The van der Waals surface area contributed by atoms with E-state index >= 15 is 0 Å². The summed E-state index contributed by atoms with van der Waals surface area (Å²) in [6, 6.07) is 5.29.